The van der Waals surface area contributed by atoms with Gasteiger partial charge < -0.3 is 25.0 Å². The summed E-state index contributed by atoms with van der Waals surface area (Å²) in [6.45, 7) is 12.5. The third kappa shape index (κ3) is 6.15. The quantitative estimate of drug-likeness (QED) is 0.368. The van der Waals surface area contributed by atoms with Crippen LogP contribution in [0.4, 0.5) is 0 Å². The molecule has 1 aromatic carbocycles. The molecule has 2 N–H and O–H groups in total. The highest BCUT2D eigenvalue weighted by atomic mass is 16.5. The second-order valence-electron chi connectivity index (χ2n) is 7.75. The number of ether oxygens (including phenoxy) is 2. The normalized spacial score (nSPS) is 16.5. The molecule has 7 nitrogen and oxygen atoms in total. The minimum atomic E-state index is 0.0282. The van der Waals surface area contributed by atoms with Crippen LogP contribution in [0.25, 0.3) is 0 Å². The second kappa shape index (κ2) is 11.5. The average molecular weight is 417 g/mol. The van der Waals surface area contributed by atoms with Crippen molar-refractivity contribution in [3.63, 3.8) is 0 Å². The lowest BCUT2D eigenvalue weighted by Gasteiger charge is -2.20. The maximum Gasteiger partial charge on any atom is 0.225 e. The van der Waals surface area contributed by atoms with Gasteiger partial charge in [0, 0.05) is 37.2 Å². The van der Waals surface area contributed by atoms with Gasteiger partial charge in [0.15, 0.2) is 17.5 Å². The van der Waals surface area contributed by atoms with E-state index in [-0.39, 0.29) is 17.9 Å². The Labute approximate surface area is 180 Å². The van der Waals surface area contributed by atoms with Crippen molar-refractivity contribution in [1.82, 2.24) is 15.5 Å². The number of likely N-dealkylation sites (tertiary alicyclic amines) is 1. The summed E-state index contributed by atoms with van der Waals surface area (Å²) in [4.78, 5) is 18.9. The van der Waals surface area contributed by atoms with Crippen LogP contribution in [0.15, 0.2) is 29.8 Å². The second-order valence-corrected chi connectivity index (χ2v) is 7.75. The molecule has 7 heteroatoms. The zero-order valence-corrected chi connectivity index (χ0v) is 19.0. The standard InChI is InChI=1S/C23H36N4O3/c1-7-9-18-12-17(13-20(29-5)21(18)30-6)14-25-23(24-8-2)26-19-10-11-27(15-19)22(28)16(3)4/h7,12-13,16,19H,1,8-11,14-15H2,2-6H3,(H2,24,25,26). The fourth-order valence-electron chi connectivity index (χ4n) is 3.63. The lowest BCUT2D eigenvalue weighted by molar-refractivity contribution is -0.133. The van der Waals surface area contributed by atoms with Crippen molar-refractivity contribution >= 4 is 11.9 Å². The third-order valence-corrected chi connectivity index (χ3v) is 5.08. The van der Waals surface area contributed by atoms with E-state index in [1.165, 1.54) is 0 Å². The third-order valence-electron chi connectivity index (χ3n) is 5.08. The largest absolute Gasteiger partial charge is 0.493 e. The van der Waals surface area contributed by atoms with E-state index < -0.39 is 0 Å². The first-order valence-corrected chi connectivity index (χ1v) is 10.6. The number of aliphatic imine (C=N–C) groups is 1. The molecule has 1 heterocycles. The Hall–Kier alpha value is -2.70. The van der Waals surface area contributed by atoms with Gasteiger partial charge >= 0.3 is 0 Å². The Morgan fingerprint density at radius 2 is 2.13 bits per heavy atom. The summed E-state index contributed by atoms with van der Waals surface area (Å²) in [7, 11) is 3.28. The molecule has 30 heavy (non-hydrogen) atoms. The van der Waals surface area contributed by atoms with Crippen molar-refractivity contribution < 1.29 is 14.3 Å². The van der Waals surface area contributed by atoms with Crippen LogP contribution >= 0.6 is 0 Å². The SMILES string of the molecule is C=CCc1cc(CN=C(NCC)NC2CCN(C(=O)C(C)C)C2)cc(OC)c1OC. The summed E-state index contributed by atoms with van der Waals surface area (Å²) in [5.41, 5.74) is 2.05. The lowest BCUT2D eigenvalue weighted by atomic mass is 10.1. The molecule has 1 amide bonds. The topological polar surface area (TPSA) is 75.2 Å². The molecule has 1 unspecified atom stereocenters. The van der Waals surface area contributed by atoms with Gasteiger partial charge in [-0.15, -0.1) is 6.58 Å². The average Bonchev–Trinajstić information content (AvgIpc) is 3.19. The first kappa shape index (κ1) is 23.6. The monoisotopic (exact) mass is 416 g/mol. The van der Waals surface area contributed by atoms with Crippen LogP contribution in [0.2, 0.25) is 0 Å². The lowest BCUT2D eigenvalue weighted by Crippen LogP contribution is -2.45. The molecular weight excluding hydrogens is 380 g/mol. The van der Waals surface area contributed by atoms with Crippen LogP contribution < -0.4 is 20.1 Å². The van der Waals surface area contributed by atoms with Gasteiger partial charge in [-0.25, -0.2) is 4.99 Å². The van der Waals surface area contributed by atoms with Crippen LogP contribution in [0, 0.1) is 5.92 Å². The molecule has 1 atom stereocenters. The summed E-state index contributed by atoms with van der Waals surface area (Å²) in [6, 6.07) is 4.23. The van der Waals surface area contributed by atoms with E-state index in [9.17, 15) is 4.79 Å². The highest BCUT2D eigenvalue weighted by Gasteiger charge is 2.28. The number of hydrogen-bond acceptors (Lipinski definition) is 4. The molecule has 0 saturated carbocycles. The number of carbonyl (C=O) groups excluding carboxylic acids is 1. The van der Waals surface area contributed by atoms with E-state index in [2.05, 4.69) is 23.3 Å². The molecule has 1 aliphatic heterocycles. The number of carbonyl (C=O) groups is 1. The summed E-state index contributed by atoms with van der Waals surface area (Å²) < 4.78 is 11.0. The predicted molar refractivity (Wildman–Crippen MR) is 121 cm³/mol. The molecule has 1 aromatic rings. The Morgan fingerprint density at radius 1 is 1.37 bits per heavy atom. The number of guanidine groups is 1. The summed E-state index contributed by atoms with van der Waals surface area (Å²) >= 11 is 0. The summed E-state index contributed by atoms with van der Waals surface area (Å²) in [6.07, 6.45) is 3.46. The number of methoxy groups -OCH3 is 2. The molecule has 0 aromatic heterocycles. The van der Waals surface area contributed by atoms with E-state index in [0.29, 0.717) is 25.3 Å². The van der Waals surface area contributed by atoms with Crippen molar-refractivity contribution in [2.75, 3.05) is 33.9 Å². The predicted octanol–water partition coefficient (Wildman–Crippen LogP) is 2.74. The highest BCUT2D eigenvalue weighted by Crippen LogP contribution is 2.33. The smallest absolute Gasteiger partial charge is 0.225 e. The number of nitrogens with zero attached hydrogens (tertiary/aromatic N) is 2. The summed E-state index contributed by atoms with van der Waals surface area (Å²) in [5, 5.41) is 6.78. The number of allylic oxidation sites excluding steroid dienone is 1. The molecule has 2 rings (SSSR count). The van der Waals surface area contributed by atoms with Gasteiger partial charge in [0.2, 0.25) is 5.91 Å². The number of amides is 1. The molecule has 0 aliphatic carbocycles. The fraction of sp³-hybridized carbons (Fsp3) is 0.565. The first-order chi connectivity index (χ1) is 14.4. The number of benzene rings is 1. The van der Waals surface area contributed by atoms with Crippen molar-refractivity contribution in [1.29, 1.82) is 0 Å². The zero-order valence-electron chi connectivity index (χ0n) is 19.0. The van der Waals surface area contributed by atoms with E-state index in [1.807, 2.05) is 37.8 Å². The molecule has 0 spiro atoms. The highest BCUT2D eigenvalue weighted by molar-refractivity contribution is 5.81. The number of rotatable bonds is 9. The van der Waals surface area contributed by atoms with Crippen LogP contribution in [-0.4, -0.2) is 56.7 Å². The van der Waals surface area contributed by atoms with E-state index in [1.54, 1.807) is 14.2 Å². The Bertz CT molecular complexity index is 761. The van der Waals surface area contributed by atoms with Crippen molar-refractivity contribution in [2.45, 2.75) is 46.2 Å². The molecule has 0 bridgehead atoms. The van der Waals surface area contributed by atoms with Gasteiger partial charge in [-0.3, -0.25) is 4.79 Å². The fourth-order valence-corrected chi connectivity index (χ4v) is 3.63. The van der Waals surface area contributed by atoms with Gasteiger partial charge in [0.05, 0.1) is 20.8 Å². The van der Waals surface area contributed by atoms with Gasteiger partial charge in [-0.05, 0) is 37.5 Å². The summed E-state index contributed by atoms with van der Waals surface area (Å²) in [5.74, 6) is 2.41. The molecule has 0 radical (unpaired) electrons. The molecule has 1 aliphatic rings. The zero-order chi connectivity index (χ0) is 22.1. The molecule has 166 valence electrons. The minimum absolute atomic E-state index is 0.0282. The van der Waals surface area contributed by atoms with Crippen LogP contribution in [0.5, 0.6) is 11.5 Å². The molecule has 1 saturated heterocycles. The first-order valence-electron chi connectivity index (χ1n) is 10.6. The Morgan fingerprint density at radius 3 is 2.73 bits per heavy atom. The van der Waals surface area contributed by atoms with Gasteiger partial charge in [0.25, 0.3) is 0 Å². The van der Waals surface area contributed by atoms with Crippen LogP contribution in [0.1, 0.15) is 38.3 Å². The van der Waals surface area contributed by atoms with Gasteiger partial charge in [-0.2, -0.15) is 0 Å². The molecule has 1 fully saturated rings. The van der Waals surface area contributed by atoms with E-state index >= 15 is 0 Å². The number of nitrogens with one attached hydrogen (secondary N) is 2. The van der Waals surface area contributed by atoms with Gasteiger partial charge in [0.1, 0.15) is 0 Å². The van der Waals surface area contributed by atoms with E-state index in [0.717, 1.165) is 42.3 Å². The van der Waals surface area contributed by atoms with Crippen molar-refractivity contribution in [3.05, 3.63) is 35.9 Å². The Balaban J connectivity index is 2.12. The maximum absolute atomic E-state index is 12.2. The van der Waals surface area contributed by atoms with Crippen molar-refractivity contribution in [2.24, 2.45) is 10.9 Å². The minimum Gasteiger partial charge on any atom is -0.493 e. The number of hydrogen-bond donors (Lipinski definition) is 2. The van der Waals surface area contributed by atoms with Crippen LogP contribution in [-0.2, 0) is 17.8 Å². The van der Waals surface area contributed by atoms with Gasteiger partial charge in [-0.1, -0.05) is 19.9 Å². The Kier molecular flexibility index (Phi) is 9.02. The molecular formula is C23H36N4O3. The van der Waals surface area contributed by atoms with E-state index in [4.69, 9.17) is 14.5 Å². The maximum atomic E-state index is 12.2. The van der Waals surface area contributed by atoms with Crippen molar-refractivity contribution in [3.8, 4) is 11.5 Å². The van der Waals surface area contributed by atoms with Crippen LogP contribution in [0.3, 0.4) is 0 Å².